The second kappa shape index (κ2) is 13.8. The van der Waals surface area contributed by atoms with Crippen molar-refractivity contribution in [1.29, 1.82) is 0 Å². The molecule has 5 aromatic rings. The van der Waals surface area contributed by atoms with E-state index in [9.17, 15) is 0 Å². The molecular weight excluding hydrogens is 633 g/mol. The third-order valence-electron chi connectivity index (χ3n) is 10.5. The summed E-state index contributed by atoms with van der Waals surface area (Å²) in [4.78, 5) is 4.44. The molecular formula is C48H38N4. The number of benzene rings is 4. The van der Waals surface area contributed by atoms with Gasteiger partial charge in [-0.15, -0.1) is 11.5 Å². The molecule has 0 saturated heterocycles. The fourth-order valence-electron chi connectivity index (χ4n) is 8.01. The molecule has 4 heteroatoms. The first kappa shape index (κ1) is 32.9. The topological polar surface area (TPSA) is 62.4 Å². The van der Waals surface area contributed by atoms with Crippen molar-refractivity contribution in [3.05, 3.63) is 237 Å². The Morgan fingerprint density at radius 2 is 1.62 bits per heavy atom. The molecule has 0 fully saturated rings. The third-order valence-corrected chi connectivity index (χ3v) is 10.5. The molecule has 8 rings (SSSR count). The van der Waals surface area contributed by atoms with Crippen LogP contribution in [0.15, 0.2) is 185 Å². The van der Waals surface area contributed by atoms with E-state index in [1.807, 2.05) is 67.7 Å². The maximum Gasteiger partial charge on any atom is 0.0842 e. The zero-order valence-corrected chi connectivity index (χ0v) is 29.0. The van der Waals surface area contributed by atoms with E-state index < -0.39 is 11.0 Å². The van der Waals surface area contributed by atoms with Crippen LogP contribution in [0.5, 0.6) is 0 Å². The maximum atomic E-state index is 7.49. The van der Waals surface area contributed by atoms with Crippen molar-refractivity contribution in [2.45, 2.75) is 23.4 Å². The summed E-state index contributed by atoms with van der Waals surface area (Å²) in [5.41, 5.74) is 32.4. The largest absolute Gasteiger partial charge is 0.315 e. The maximum absolute atomic E-state index is 7.49. The van der Waals surface area contributed by atoms with Gasteiger partial charge in [0.25, 0.3) is 0 Å². The first-order valence-electron chi connectivity index (χ1n) is 17.5. The zero-order valence-electron chi connectivity index (χ0n) is 29.0. The first-order valence-corrected chi connectivity index (χ1v) is 17.5. The van der Waals surface area contributed by atoms with E-state index >= 15 is 0 Å². The summed E-state index contributed by atoms with van der Waals surface area (Å²) >= 11 is 0. The van der Waals surface area contributed by atoms with Gasteiger partial charge in [-0.25, -0.2) is 5.43 Å². The van der Waals surface area contributed by atoms with Gasteiger partial charge in [0.2, 0.25) is 0 Å². The smallest absolute Gasteiger partial charge is 0.0842 e. The Kier molecular flexibility index (Phi) is 8.73. The standard InChI is InChI=1S/C48H38N4/c1-50-45(34-15-6-3-7-16-34)33-47(49,37-19-10-5-11-20-37)38-29-31-40(32-30-38)48(43-23-13-12-21-41(43)42-22-14-24-44(42)48)39-27-25-36(26-28-39)46(52-51-2)35-17-8-4-9-18-35/h3,6-8,10-13,15-19,21-33,46,51-52H,1,20,49H2,2H3/b45-33-. The van der Waals surface area contributed by atoms with Crippen LogP contribution in [-0.4, -0.2) is 13.8 Å². The summed E-state index contributed by atoms with van der Waals surface area (Å²) in [5.74, 6) is 0. The van der Waals surface area contributed by atoms with Gasteiger partial charge in [-0.05, 0) is 130 Å². The second-order valence-electron chi connectivity index (χ2n) is 13.2. The van der Waals surface area contributed by atoms with E-state index in [0.29, 0.717) is 6.42 Å². The first-order chi connectivity index (χ1) is 25.6. The molecule has 3 aliphatic rings. The molecule has 3 aliphatic carbocycles. The normalized spacial score (nSPS) is 18.7. The summed E-state index contributed by atoms with van der Waals surface area (Å²) in [6, 6.07) is 48.7. The minimum Gasteiger partial charge on any atom is -0.315 e. The van der Waals surface area contributed by atoms with Crippen LogP contribution >= 0.6 is 0 Å². The molecule has 4 nitrogen and oxygen atoms in total. The lowest BCUT2D eigenvalue weighted by atomic mass is 9.66. The predicted octanol–water partition coefficient (Wildman–Crippen LogP) is 8.86. The minimum absolute atomic E-state index is 0.0610. The average molecular weight is 671 g/mol. The van der Waals surface area contributed by atoms with Crippen LogP contribution in [0.25, 0.3) is 11.3 Å². The Labute approximate surface area is 306 Å². The number of nitrogens with one attached hydrogen (secondary N) is 2. The van der Waals surface area contributed by atoms with Crippen LogP contribution in [0.2, 0.25) is 0 Å². The lowest BCUT2D eigenvalue weighted by Gasteiger charge is -2.36. The molecule has 0 spiro atoms. The highest BCUT2D eigenvalue weighted by atomic mass is 15.3. The van der Waals surface area contributed by atoms with E-state index in [2.05, 4.69) is 143 Å². The molecule has 3 atom stereocenters. The Morgan fingerprint density at radius 3 is 2.31 bits per heavy atom. The van der Waals surface area contributed by atoms with Crippen molar-refractivity contribution < 1.29 is 0 Å². The third kappa shape index (κ3) is 5.48. The van der Waals surface area contributed by atoms with Crippen molar-refractivity contribution in [3.8, 4) is 0 Å². The van der Waals surface area contributed by atoms with Gasteiger partial charge >= 0.3 is 0 Å². The highest BCUT2D eigenvalue weighted by Crippen LogP contribution is 2.56. The van der Waals surface area contributed by atoms with Crippen molar-refractivity contribution in [3.63, 3.8) is 0 Å². The van der Waals surface area contributed by atoms with Gasteiger partial charge in [-0.2, -0.15) is 0 Å². The van der Waals surface area contributed by atoms with Gasteiger partial charge in [0.15, 0.2) is 0 Å². The van der Waals surface area contributed by atoms with Crippen molar-refractivity contribution in [2.75, 3.05) is 7.05 Å². The molecule has 0 bridgehead atoms. The van der Waals surface area contributed by atoms with Crippen LogP contribution in [0.3, 0.4) is 0 Å². The predicted molar refractivity (Wildman–Crippen MR) is 212 cm³/mol. The highest BCUT2D eigenvalue weighted by Gasteiger charge is 2.47. The molecule has 3 unspecified atom stereocenters. The summed E-state index contributed by atoms with van der Waals surface area (Å²) < 4.78 is 0. The van der Waals surface area contributed by atoms with E-state index in [-0.39, 0.29) is 6.04 Å². The van der Waals surface area contributed by atoms with Crippen LogP contribution in [0.1, 0.15) is 57.0 Å². The monoisotopic (exact) mass is 670 g/mol. The van der Waals surface area contributed by atoms with Crippen LogP contribution < -0.4 is 16.6 Å². The number of hydrazine groups is 1. The number of hydrogen-bond acceptors (Lipinski definition) is 4. The average Bonchev–Trinajstić information content (AvgIpc) is 3.81. The molecule has 0 amide bonds. The quantitative estimate of drug-likeness (QED) is 0.0748. The van der Waals surface area contributed by atoms with Gasteiger partial charge in [0, 0.05) is 0 Å². The minimum atomic E-state index is -0.941. The Hall–Kier alpha value is -6.27. The van der Waals surface area contributed by atoms with Crippen molar-refractivity contribution in [2.24, 2.45) is 10.7 Å². The number of aliphatic imine (C=N–C) groups is 1. The Bertz CT molecular complexity index is 2370. The van der Waals surface area contributed by atoms with Gasteiger partial charge in [-0.3, -0.25) is 10.4 Å². The fraction of sp³-hybridized carbons (Fsp3) is 0.104. The van der Waals surface area contributed by atoms with Crippen LogP contribution in [-0.2, 0) is 11.0 Å². The van der Waals surface area contributed by atoms with Gasteiger partial charge in [-0.1, -0.05) is 121 Å². The Balaban J connectivity index is 1.28. The Morgan fingerprint density at radius 1 is 0.865 bits per heavy atom. The van der Waals surface area contributed by atoms with Crippen molar-refractivity contribution >= 4 is 18.0 Å². The lowest BCUT2D eigenvalue weighted by molar-refractivity contribution is 0.529. The molecule has 0 radical (unpaired) electrons. The molecule has 0 aromatic heterocycles. The summed E-state index contributed by atoms with van der Waals surface area (Å²) in [6.45, 7) is 3.92. The zero-order chi connectivity index (χ0) is 35.5. The molecule has 250 valence electrons. The molecule has 52 heavy (non-hydrogen) atoms. The molecule has 0 aliphatic heterocycles. The summed E-state index contributed by atoms with van der Waals surface area (Å²) in [7, 11) is 1.89. The number of allylic oxidation sites excluding steroid dienone is 5. The van der Waals surface area contributed by atoms with E-state index in [1.54, 1.807) is 0 Å². The fourth-order valence-corrected chi connectivity index (χ4v) is 8.01. The van der Waals surface area contributed by atoms with E-state index in [4.69, 9.17) is 5.73 Å². The number of nitrogens with two attached hydrogens (primary N) is 1. The number of rotatable bonds is 11. The van der Waals surface area contributed by atoms with Gasteiger partial charge in [0.1, 0.15) is 0 Å². The number of hydrogen-bond donors (Lipinski definition) is 3. The van der Waals surface area contributed by atoms with E-state index in [0.717, 1.165) is 39.1 Å². The van der Waals surface area contributed by atoms with Gasteiger partial charge < -0.3 is 5.73 Å². The van der Waals surface area contributed by atoms with Crippen LogP contribution in [0.4, 0.5) is 0 Å². The SMILES string of the molecule is C=N/C(=C\C(N)(C1=CC=C=CC1)c1ccc(C2(c3ccc(C(NNC)c4cc#ccc4)cc3)C3=C(C=C=C3)c3ccccc32)cc1)c1ccccc1. The lowest BCUT2D eigenvalue weighted by Crippen LogP contribution is -2.37. The molecule has 4 N–H and O–H groups in total. The summed E-state index contributed by atoms with van der Waals surface area (Å²) in [6.07, 6.45) is 13.0. The summed E-state index contributed by atoms with van der Waals surface area (Å²) in [5, 5.41) is 0. The highest BCUT2D eigenvalue weighted by molar-refractivity contribution is 5.93. The second-order valence-corrected chi connectivity index (χ2v) is 13.2. The number of fused-ring (bicyclic) bond motifs is 2. The molecule has 5 aromatic carbocycles. The van der Waals surface area contributed by atoms with E-state index in [1.165, 1.54) is 27.8 Å². The number of nitrogens with zero attached hydrogens (tertiary/aromatic N) is 1. The van der Waals surface area contributed by atoms with Crippen LogP contribution in [0, 0.1) is 12.1 Å². The molecule has 0 saturated carbocycles. The van der Waals surface area contributed by atoms with Gasteiger partial charge in [0.05, 0.1) is 22.7 Å². The van der Waals surface area contributed by atoms with Crippen molar-refractivity contribution in [1.82, 2.24) is 10.9 Å². The molecule has 0 heterocycles.